The first-order valence-corrected chi connectivity index (χ1v) is 9.37. The maximum Gasteiger partial charge on any atom is 0.240 e. The highest BCUT2D eigenvalue weighted by Gasteiger charge is 2.23. The van der Waals surface area contributed by atoms with E-state index in [4.69, 9.17) is 0 Å². The summed E-state index contributed by atoms with van der Waals surface area (Å²) in [6.07, 6.45) is 1.75. The van der Waals surface area contributed by atoms with E-state index in [0.29, 0.717) is 5.69 Å². The summed E-state index contributed by atoms with van der Waals surface area (Å²) >= 11 is 0. The van der Waals surface area contributed by atoms with Crippen LogP contribution in [0.15, 0.2) is 89.0 Å². The second-order valence-corrected chi connectivity index (χ2v) is 7.74. The lowest BCUT2D eigenvalue weighted by atomic mass is 10.1. The van der Waals surface area contributed by atoms with Gasteiger partial charge in [0.2, 0.25) is 15.0 Å². The zero-order valence-electron chi connectivity index (χ0n) is 13.6. The van der Waals surface area contributed by atoms with E-state index in [1.54, 1.807) is 48.1 Å². The topological polar surface area (TPSA) is 52.0 Å². The lowest BCUT2D eigenvalue weighted by Gasteiger charge is -2.03. The number of rotatable bonds is 3. The third-order valence-corrected chi connectivity index (χ3v) is 5.93. The van der Waals surface area contributed by atoms with Crippen molar-refractivity contribution in [1.29, 1.82) is 0 Å². The molecule has 0 atom stereocenters. The number of benzene rings is 3. The number of imidazole rings is 1. The van der Waals surface area contributed by atoms with Gasteiger partial charge in [0.1, 0.15) is 0 Å². The number of aromatic nitrogens is 2. The molecule has 4 rings (SSSR count). The van der Waals surface area contributed by atoms with Crippen molar-refractivity contribution in [2.75, 3.05) is 0 Å². The summed E-state index contributed by atoms with van der Waals surface area (Å²) in [5, 5.41) is 2.28. The summed E-state index contributed by atoms with van der Waals surface area (Å²) < 4.78 is 27.2. The first-order valence-electron chi connectivity index (χ1n) is 7.88. The van der Waals surface area contributed by atoms with Crippen molar-refractivity contribution in [2.24, 2.45) is 7.05 Å². The highest BCUT2D eigenvalue weighted by molar-refractivity contribution is 7.91. The predicted molar refractivity (Wildman–Crippen MR) is 98.0 cm³/mol. The first-order chi connectivity index (χ1) is 12.1. The Kier molecular flexibility index (Phi) is 3.66. The molecule has 1 aromatic heterocycles. The molecule has 3 aromatic carbocycles. The number of fused-ring (bicyclic) bond motifs is 1. The van der Waals surface area contributed by atoms with Crippen molar-refractivity contribution in [3.05, 3.63) is 79.0 Å². The van der Waals surface area contributed by atoms with Crippen LogP contribution < -0.4 is 0 Å². The van der Waals surface area contributed by atoms with Gasteiger partial charge in [-0.15, -0.1) is 0 Å². The highest BCUT2D eigenvalue weighted by Crippen LogP contribution is 2.27. The molecule has 0 fully saturated rings. The molecule has 0 spiro atoms. The molecule has 4 nitrogen and oxygen atoms in total. The number of hydrogen-bond donors (Lipinski definition) is 0. The number of hydrogen-bond acceptors (Lipinski definition) is 3. The highest BCUT2D eigenvalue weighted by atomic mass is 32.2. The van der Waals surface area contributed by atoms with Gasteiger partial charge in [-0.2, -0.15) is 0 Å². The maximum atomic E-state index is 12.8. The van der Waals surface area contributed by atoms with Crippen LogP contribution >= 0.6 is 0 Å². The lowest BCUT2D eigenvalue weighted by Crippen LogP contribution is -2.08. The van der Waals surface area contributed by atoms with Gasteiger partial charge >= 0.3 is 0 Å². The predicted octanol–water partition coefficient (Wildman–Crippen LogP) is 4.07. The number of aryl methyl sites for hydroxylation is 1. The average molecular weight is 348 g/mol. The molecule has 0 amide bonds. The van der Waals surface area contributed by atoms with Crippen LogP contribution in [0.25, 0.3) is 22.0 Å². The van der Waals surface area contributed by atoms with E-state index in [9.17, 15) is 8.42 Å². The van der Waals surface area contributed by atoms with E-state index in [1.165, 1.54) is 0 Å². The van der Waals surface area contributed by atoms with Crippen molar-refractivity contribution in [3.63, 3.8) is 0 Å². The van der Waals surface area contributed by atoms with E-state index in [1.807, 2.05) is 42.5 Å². The Morgan fingerprint density at radius 1 is 0.840 bits per heavy atom. The second-order valence-electron chi connectivity index (χ2n) is 5.90. The lowest BCUT2D eigenvalue weighted by molar-refractivity contribution is 0.579. The largest absolute Gasteiger partial charge is 0.324 e. The van der Waals surface area contributed by atoms with Gasteiger partial charge in [-0.25, -0.2) is 13.4 Å². The van der Waals surface area contributed by atoms with E-state index in [-0.39, 0.29) is 10.1 Å². The molecule has 0 aliphatic heterocycles. The van der Waals surface area contributed by atoms with Crippen LogP contribution in [-0.4, -0.2) is 18.0 Å². The molecule has 0 bridgehead atoms. The van der Waals surface area contributed by atoms with E-state index in [2.05, 4.69) is 4.98 Å². The Hall–Kier alpha value is -2.92. The van der Waals surface area contributed by atoms with Crippen LogP contribution in [0, 0.1) is 0 Å². The van der Waals surface area contributed by atoms with Crippen molar-refractivity contribution < 1.29 is 8.42 Å². The van der Waals surface area contributed by atoms with Gasteiger partial charge in [0.25, 0.3) is 0 Å². The van der Waals surface area contributed by atoms with E-state index in [0.717, 1.165) is 16.3 Å². The fourth-order valence-corrected chi connectivity index (χ4v) is 4.27. The summed E-state index contributed by atoms with van der Waals surface area (Å²) in [6, 6.07) is 22.4. The minimum absolute atomic E-state index is 0.0434. The molecule has 25 heavy (non-hydrogen) atoms. The Morgan fingerprint density at radius 3 is 2.28 bits per heavy atom. The minimum atomic E-state index is -3.65. The Morgan fingerprint density at radius 2 is 1.52 bits per heavy atom. The molecule has 0 saturated heterocycles. The molecule has 0 radical (unpaired) electrons. The molecular formula is C20H16N2O2S. The average Bonchev–Trinajstić information content (AvgIpc) is 3.04. The van der Waals surface area contributed by atoms with Gasteiger partial charge in [-0.05, 0) is 29.0 Å². The summed E-state index contributed by atoms with van der Waals surface area (Å²) in [5.74, 6) is 0. The molecule has 0 aliphatic rings. The van der Waals surface area contributed by atoms with Gasteiger partial charge in [0.05, 0.1) is 10.6 Å². The van der Waals surface area contributed by atoms with Gasteiger partial charge in [-0.1, -0.05) is 54.6 Å². The van der Waals surface area contributed by atoms with Gasteiger partial charge in [0, 0.05) is 18.8 Å². The van der Waals surface area contributed by atoms with Crippen LogP contribution in [0.5, 0.6) is 0 Å². The zero-order valence-corrected chi connectivity index (χ0v) is 14.4. The van der Waals surface area contributed by atoms with Crippen LogP contribution in [0.2, 0.25) is 0 Å². The summed E-state index contributed by atoms with van der Waals surface area (Å²) in [4.78, 5) is 4.65. The molecule has 124 valence electrons. The molecule has 5 heteroatoms. The van der Waals surface area contributed by atoms with Crippen LogP contribution in [0.3, 0.4) is 0 Å². The second kappa shape index (κ2) is 5.86. The summed E-state index contributed by atoms with van der Waals surface area (Å²) in [6.45, 7) is 0. The Bertz CT molecular complexity index is 1160. The maximum absolute atomic E-state index is 12.8. The van der Waals surface area contributed by atoms with Gasteiger partial charge < -0.3 is 4.57 Å². The van der Waals surface area contributed by atoms with Crippen LogP contribution in [0.4, 0.5) is 0 Å². The smallest absolute Gasteiger partial charge is 0.240 e. The molecule has 0 saturated carbocycles. The van der Waals surface area contributed by atoms with Crippen molar-refractivity contribution in [1.82, 2.24) is 9.55 Å². The minimum Gasteiger partial charge on any atom is -0.324 e. The first kappa shape index (κ1) is 15.6. The summed E-state index contributed by atoms with van der Waals surface area (Å²) in [5.41, 5.74) is 1.53. The van der Waals surface area contributed by atoms with Crippen LogP contribution in [-0.2, 0) is 16.9 Å². The number of sulfone groups is 1. The van der Waals surface area contributed by atoms with Crippen molar-refractivity contribution >= 4 is 20.6 Å². The molecule has 1 heterocycles. The number of nitrogens with zero attached hydrogens (tertiary/aromatic N) is 2. The van der Waals surface area contributed by atoms with Gasteiger partial charge in [0.15, 0.2) is 0 Å². The standard InChI is InChI=1S/C20H16N2O2S/c1-22-14-19(17-12-11-15-7-5-6-8-16(15)13-17)21-20(22)25(23,24)18-9-3-2-4-10-18/h2-14H,1H3. The molecule has 0 N–H and O–H groups in total. The third-order valence-electron chi connectivity index (χ3n) is 4.17. The quantitative estimate of drug-likeness (QED) is 0.561. The zero-order chi connectivity index (χ0) is 17.4. The van der Waals surface area contributed by atoms with E-state index < -0.39 is 9.84 Å². The van der Waals surface area contributed by atoms with Crippen LogP contribution in [0.1, 0.15) is 0 Å². The molecular weight excluding hydrogens is 332 g/mol. The van der Waals surface area contributed by atoms with Crippen molar-refractivity contribution in [2.45, 2.75) is 10.1 Å². The normalized spacial score (nSPS) is 11.7. The van der Waals surface area contributed by atoms with Crippen molar-refractivity contribution in [3.8, 4) is 11.3 Å². The monoisotopic (exact) mass is 348 g/mol. The van der Waals surface area contributed by atoms with E-state index >= 15 is 0 Å². The fourth-order valence-electron chi connectivity index (χ4n) is 2.89. The SMILES string of the molecule is Cn1cc(-c2ccc3ccccc3c2)nc1S(=O)(=O)c1ccccc1. The molecule has 4 aromatic rings. The Balaban J connectivity index is 1.82. The molecule has 0 unspecified atom stereocenters. The summed E-state index contributed by atoms with van der Waals surface area (Å²) in [7, 11) is -1.95. The van der Waals surface area contributed by atoms with Gasteiger partial charge in [-0.3, -0.25) is 0 Å². The fraction of sp³-hybridized carbons (Fsp3) is 0.0500. The Labute approximate surface area is 146 Å². The third kappa shape index (κ3) is 2.72. The molecule has 0 aliphatic carbocycles.